The zero-order chi connectivity index (χ0) is 22.1. The molecule has 6 heteroatoms. The summed E-state index contributed by atoms with van der Waals surface area (Å²) in [6, 6.07) is 21.5. The number of halogens is 1. The van der Waals surface area contributed by atoms with Crippen molar-refractivity contribution in [2.45, 2.75) is 19.8 Å². The fraction of sp³-hybridized carbons (Fsp3) is 0.200. The SMILES string of the molecule is CCOc1ccc(Br)cc1C(=O)Oc1ccc(C(=O)OCCCc2ccccc2)cc1. The molecule has 3 aromatic carbocycles. The number of hydrogen-bond donors (Lipinski definition) is 0. The summed E-state index contributed by atoms with van der Waals surface area (Å²) in [4.78, 5) is 24.8. The lowest BCUT2D eigenvalue weighted by Crippen LogP contribution is -2.11. The van der Waals surface area contributed by atoms with E-state index in [9.17, 15) is 9.59 Å². The second-order valence-corrected chi connectivity index (χ2v) is 7.63. The van der Waals surface area contributed by atoms with E-state index in [0.717, 1.165) is 17.3 Å². The Hall–Kier alpha value is -3.12. The normalized spacial score (nSPS) is 10.4. The molecular weight excluding hydrogens is 460 g/mol. The van der Waals surface area contributed by atoms with E-state index < -0.39 is 11.9 Å². The van der Waals surface area contributed by atoms with Crippen molar-refractivity contribution in [3.05, 3.63) is 94.0 Å². The predicted molar refractivity (Wildman–Crippen MR) is 122 cm³/mol. The number of benzene rings is 3. The number of rotatable bonds is 9. The number of esters is 2. The minimum absolute atomic E-state index is 0.318. The van der Waals surface area contributed by atoms with Crippen molar-refractivity contribution in [2.75, 3.05) is 13.2 Å². The van der Waals surface area contributed by atoms with Crippen LogP contribution in [-0.4, -0.2) is 25.2 Å². The molecule has 0 aromatic heterocycles. The van der Waals surface area contributed by atoms with Gasteiger partial charge in [0.2, 0.25) is 0 Å². The summed E-state index contributed by atoms with van der Waals surface area (Å²) in [7, 11) is 0. The van der Waals surface area contributed by atoms with Gasteiger partial charge in [0.1, 0.15) is 17.1 Å². The van der Waals surface area contributed by atoms with E-state index in [1.165, 1.54) is 5.56 Å². The molecule has 0 fully saturated rings. The summed E-state index contributed by atoms with van der Waals surface area (Å²) >= 11 is 3.35. The molecule has 0 radical (unpaired) electrons. The molecule has 0 aliphatic carbocycles. The van der Waals surface area contributed by atoms with E-state index in [4.69, 9.17) is 14.2 Å². The van der Waals surface area contributed by atoms with Gasteiger partial charge < -0.3 is 14.2 Å². The lowest BCUT2D eigenvalue weighted by molar-refractivity contribution is 0.0500. The summed E-state index contributed by atoms with van der Waals surface area (Å²) in [5.41, 5.74) is 1.93. The van der Waals surface area contributed by atoms with Crippen molar-refractivity contribution in [2.24, 2.45) is 0 Å². The Labute approximate surface area is 190 Å². The second-order valence-electron chi connectivity index (χ2n) is 6.71. The molecular formula is C25H23BrO5. The average Bonchev–Trinajstić information content (AvgIpc) is 2.79. The van der Waals surface area contributed by atoms with Crippen molar-refractivity contribution in [3.8, 4) is 11.5 Å². The van der Waals surface area contributed by atoms with Crippen molar-refractivity contribution in [1.82, 2.24) is 0 Å². The van der Waals surface area contributed by atoms with Gasteiger partial charge >= 0.3 is 11.9 Å². The van der Waals surface area contributed by atoms with Crippen LogP contribution in [0.5, 0.6) is 11.5 Å². The molecule has 160 valence electrons. The molecule has 5 nitrogen and oxygen atoms in total. The van der Waals surface area contributed by atoms with Gasteiger partial charge in [-0.05, 0) is 67.8 Å². The van der Waals surface area contributed by atoms with Crippen LogP contribution in [0.1, 0.15) is 39.6 Å². The smallest absolute Gasteiger partial charge is 0.347 e. The molecule has 0 aliphatic rings. The molecule has 0 aliphatic heterocycles. The first-order chi connectivity index (χ1) is 15.1. The zero-order valence-corrected chi connectivity index (χ0v) is 18.8. The average molecular weight is 483 g/mol. The van der Waals surface area contributed by atoms with E-state index in [0.29, 0.717) is 35.8 Å². The highest BCUT2D eigenvalue weighted by atomic mass is 79.9. The summed E-state index contributed by atoms with van der Waals surface area (Å²) < 4.78 is 17.0. The number of carbonyl (C=O) groups is 2. The summed E-state index contributed by atoms with van der Waals surface area (Å²) in [6.07, 6.45) is 1.60. The van der Waals surface area contributed by atoms with Crippen molar-refractivity contribution >= 4 is 27.9 Å². The van der Waals surface area contributed by atoms with Crippen LogP contribution >= 0.6 is 15.9 Å². The van der Waals surface area contributed by atoms with Crippen LogP contribution in [0.25, 0.3) is 0 Å². The van der Waals surface area contributed by atoms with Gasteiger partial charge in [-0.15, -0.1) is 0 Å². The van der Waals surface area contributed by atoms with Gasteiger partial charge in [-0.25, -0.2) is 9.59 Å². The van der Waals surface area contributed by atoms with Gasteiger partial charge in [-0.1, -0.05) is 46.3 Å². The standard InChI is InChI=1S/C25H23BrO5/c1-2-29-23-15-12-20(26)17-22(23)25(28)31-21-13-10-19(11-14-21)24(27)30-16-6-9-18-7-4-3-5-8-18/h3-5,7-8,10-15,17H,2,6,9,16H2,1H3. The maximum atomic E-state index is 12.6. The third-order valence-electron chi connectivity index (χ3n) is 4.45. The Balaban J connectivity index is 1.53. The molecule has 0 bridgehead atoms. The monoisotopic (exact) mass is 482 g/mol. The Morgan fingerprint density at radius 1 is 0.903 bits per heavy atom. The number of aryl methyl sites for hydroxylation is 1. The minimum Gasteiger partial charge on any atom is -0.493 e. The predicted octanol–water partition coefficient (Wildman–Crippen LogP) is 5.86. The topological polar surface area (TPSA) is 61.8 Å². The Kier molecular flexibility index (Phi) is 8.24. The summed E-state index contributed by atoms with van der Waals surface area (Å²) in [5, 5.41) is 0. The molecule has 3 aromatic rings. The number of hydrogen-bond acceptors (Lipinski definition) is 5. The first kappa shape index (κ1) is 22.6. The van der Waals surface area contributed by atoms with Gasteiger partial charge in [-0.3, -0.25) is 0 Å². The molecule has 0 saturated heterocycles. The van der Waals surface area contributed by atoms with E-state index in [1.54, 1.807) is 42.5 Å². The Morgan fingerprint density at radius 3 is 2.35 bits per heavy atom. The third-order valence-corrected chi connectivity index (χ3v) is 4.94. The molecule has 0 amide bonds. The van der Waals surface area contributed by atoms with Crippen LogP contribution in [0.15, 0.2) is 77.3 Å². The lowest BCUT2D eigenvalue weighted by Gasteiger charge is -2.11. The fourth-order valence-corrected chi connectivity index (χ4v) is 3.29. The van der Waals surface area contributed by atoms with Crippen molar-refractivity contribution in [1.29, 1.82) is 0 Å². The van der Waals surface area contributed by atoms with Gasteiger partial charge in [0, 0.05) is 4.47 Å². The second kappa shape index (κ2) is 11.3. The zero-order valence-electron chi connectivity index (χ0n) is 17.2. The van der Waals surface area contributed by atoms with Gasteiger partial charge in [-0.2, -0.15) is 0 Å². The minimum atomic E-state index is -0.541. The van der Waals surface area contributed by atoms with Crippen LogP contribution < -0.4 is 9.47 Å². The molecule has 0 heterocycles. The highest BCUT2D eigenvalue weighted by Gasteiger charge is 2.16. The molecule has 31 heavy (non-hydrogen) atoms. The first-order valence-corrected chi connectivity index (χ1v) is 10.8. The van der Waals surface area contributed by atoms with Crippen molar-refractivity contribution < 1.29 is 23.8 Å². The molecule has 3 rings (SSSR count). The molecule has 0 saturated carbocycles. The molecule has 0 N–H and O–H groups in total. The highest BCUT2D eigenvalue weighted by Crippen LogP contribution is 2.25. The van der Waals surface area contributed by atoms with E-state index in [-0.39, 0.29) is 0 Å². The molecule has 0 unspecified atom stereocenters. The van der Waals surface area contributed by atoms with Gasteiger partial charge in [0.25, 0.3) is 0 Å². The Bertz CT molecular complexity index is 1020. The van der Waals surface area contributed by atoms with Gasteiger partial charge in [0.15, 0.2) is 0 Å². The van der Waals surface area contributed by atoms with Crippen LogP contribution in [0, 0.1) is 0 Å². The molecule has 0 atom stereocenters. The third kappa shape index (κ3) is 6.69. The largest absolute Gasteiger partial charge is 0.493 e. The van der Waals surface area contributed by atoms with E-state index >= 15 is 0 Å². The number of carbonyl (C=O) groups excluding carboxylic acids is 2. The van der Waals surface area contributed by atoms with Crippen LogP contribution in [0.4, 0.5) is 0 Å². The van der Waals surface area contributed by atoms with Crippen LogP contribution in [-0.2, 0) is 11.2 Å². The summed E-state index contributed by atoms with van der Waals surface area (Å²) in [5.74, 6) is -0.169. The van der Waals surface area contributed by atoms with Gasteiger partial charge in [0.05, 0.1) is 18.8 Å². The quantitative estimate of drug-likeness (QED) is 0.217. The van der Waals surface area contributed by atoms with Crippen LogP contribution in [0.3, 0.4) is 0 Å². The highest BCUT2D eigenvalue weighted by molar-refractivity contribution is 9.10. The Morgan fingerprint density at radius 2 is 1.65 bits per heavy atom. The van der Waals surface area contributed by atoms with E-state index in [1.807, 2.05) is 37.3 Å². The maximum absolute atomic E-state index is 12.6. The number of ether oxygens (including phenoxy) is 3. The lowest BCUT2D eigenvalue weighted by atomic mass is 10.1. The summed E-state index contributed by atoms with van der Waals surface area (Å²) in [6.45, 7) is 2.62. The maximum Gasteiger partial charge on any atom is 0.347 e. The van der Waals surface area contributed by atoms with E-state index in [2.05, 4.69) is 15.9 Å². The fourth-order valence-electron chi connectivity index (χ4n) is 2.93. The van der Waals surface area contributed by atoms with Crippen molar-refractivity contribution in [3.63, 3.8) is 0 Å². The first-order valence-electron chi connectivity index (χ1n) is 10.0. The van der Waals surface area contributed by atoms with Crippen LogP contribution in [0.2, 0.25) is 0 Å². The molecule has 0 spiro atoms.